The molecule has 0 aromatic heterocycles. The minimum Gasteiger partial charge on any atom is -0.444 e. The van der Waals surface area contributed by atoms with Crippen molar-refractivity contribution in [3.05, 3.63) is 0 Å². The molecule has 0 aliphatic carbocycles. The predicted molar refractivity (Wildman–Crippen MR) is 58.2 cm³/mol. The number of hydrogen-bond donors (Lipinski definition) is 0. The van der Waals surface area contributed by atoms with E-state index < -0.39 is 30.6 Å². The molecule has 18 heavy (non-hydrogen) atoms. The number of carbonyl (C=O) groups excluding carboxylic acids is 1. The number of nitrogens with zero attached hydrogens (tertiary/aromatic N) is 1. The Morgan fingerprint density at radius 2 is 1.94 bits per heavy atom. The Morgan fingerprint density at radius 3 is 2.44 bits per heavy atom. The number of halogens is 3. The lowest BCUT2D eigenvalue weighted by Gasteiger charge is -2.24. The first kappa shape index (κ1) is 15.1. The van der Waals surface area contributed by atoms with Gasteiger partial charge in [0.25, 0.3) is 0 Å². The Morgan fingerprint density at radius 1 is 1.33 bits per heavy atom. The second kappa shape index (κ2) is 5.34. The van der Waals surface area contributed by atoms with Crippen LogP contribution in [0.3, 0.4) is 0 Å². The van der Waals surface area contributed by atoms with Crippen LogP contribution in [0.1, 0.15) is 27.2 Å². The van der Waals surface area contributed by atoms with Crippen molar-refractivity contribution in [1.29, 1.82) is 0 Å². The molecule has 1 atom stereocenters. The third-order valence-electron chi connectivity index (χ3n) is 2.28. The summed E-state index contributed by atoms with van der Waals surface area (Å²) in [4.78, 5) is 13.0. The van der Waals surface area contributed by atoms with Crippen LogP contribution in [0.4, 0.5) is 18.0 Å². The van der Waals surface area contributed by atoms with Gasteiger partial charge < -0.3 is 14.4 Å². The third kappa shape index (κ3) is 5.57. The lowest BCUT2D eigenvalue weighted by Crippen LogP contribution is -2.36. The van der Waals surface area contributed by atoms with Crippen LogP contribution in [-0.2, 0) is 9.47 Å². The second-order valence-electron chi connectivity index (χ2n) is 5.26. The predicted octanol–water partition coefficient (Wildman–Crippen LogP) is 2.57. The monoisotopic (exact) mass is 269 g/mol. The highest BCUT2D eigenvalue weighted by molar-refractivity contribution is 5.68. The van der Waals surface area contributed by atoms with Gasteiger partial charge in [0.1, 0.15) is 12.2 Å². The lowest BCUT2D eigenvalue weighted by atomic mass is 10.2. The summed E-state index contributed by atoms with van der Waals surface area (Å²) in [5.41, 5.74) is -0.609. The maximum Gasteiger partial charge on any atom is 0.411 e. The first-order chi connectivity index (χ1) is 8.07. The molecular formula is C11H18F3NO3. The average molecular weight is 269 g/mol. The maximum atomic E-state index is 12.0. The number of carbonyl (C=O) groups is 1. The number of ether oxygens (including phenoxy) is 2. The van der Waals surface area contributed by atoms with Gasteiger partial charge in [-0.15, -0.1) is 0 Å². The largest absolute Gasteiger partial charge is 0.444 e. The molecule has 1 amide bonds. The lowest BCUT2D eigenvalue weighted by molar-refractivity contribution is -0.183. The van der Waals surface area contributed by atoms with Crippen molar-refractivity contribution in [1.82, 2.24) is 4.90 Å². The van der Waals surface area contributed by atoms with Crippen molar-refractivity contribution in [2.75, 3.05) is 19.7 Å². The van der Waals surface area contributed by atoms with Crippen LogP contribution < -0.4 is 0 Å². The number of rotatable bonds is 2. The molecule has 1 saturated heterocycles. The Bertz CT molecular complexity index is 299. The van der Waals surface area contributed by atoms with Crippen molar-refractivity contribution < 1.29 is 27.4 Å². The molecule has 0 N–H and O–H groups in total. The van der Waals surface area contributed by atoms with E-state index in [1.54, 1.807) is 20.8 Å². The van der Waals surface area contributed by atoms with Gasteiger partial charge in [-0.1, -0.05) is 0 Å². The molecule has 0 aromatic carbocycles. The van der Waals surface area contributed by atoms with E-state index in [4.69, 9.17) is 9.47 Å². The van der Waals surface area contributed by atoms with Crippen molar-refractivity contribution in [3.8, 4) is 0 Å². The van der Waals surface area contributed by atoms with E-state index >= 15 is 0 Å². The summed E-state index contributed by atoms with van der Waals surface area (Å²) in [6, 6.07) is 0. The first-order valence-electron chi connectivity index (χ1n) is 5.73. The molecule has 1 aliphatic rings. The molecular weight excluding hydrogens is 251 g/mol. The van der Waals surface area contributed by atoms with E-state index in [0.717, 1.165) is 0 Å². The Hall–Kier alpha value is -0.980. The summed E-state index contributed by atoms with van der Waals surface area (Å²) in [7, 11) is 0. The zero-order valence-electron chi connectivity index (χ0n) is 10.7. The first-order valence-corrected chi connectivity index (χ1v) is 5.73. The molecule has 106 valence electrons. The van der Waals surface area contributed by atoms with E-state index in [-0.39, 0.29) is 6.54 Å². The minimum atomic E-state index is -4.33. The molecule has 0 aromatic rings. The van der Waals surface area contributed by atoms with E-state index in [1.807, 2.05) is 0 Å². The molecule has 0 radical (unpaired) electrons. The molecule has 1 heterocycles. The van der Waals surface area contributed by atoms with Crippen LogP contribution >= 0.6 is 0 Å². The van der Waals surface area contributed by atoms with E-state index in [1.165, 1.54) is 4.90 Å². The maximum absolute atomic E-state index is 12.0. The van der Waals surface area contributed by atoms with Gasteiger partial charge in [-0.2, -0.15) is 13.2 Å². The fourth-order valence-corrected chi connectivity index (χ4v) is 1.57. The van der Waals surface area contributed by atoms with Crippen molar-refractivity contribution in [3.63, 3.8) is 0 Å². The Balaban J connectivity index is 2.35. The molecule has 0 bridgehead atoms. The van der Waals surface area contributed by atoms with Gasteiger partial charge in [0.2, 0.25) is 0 Å². The molecule has 1 aliphatic heterocycles. The normalized spacial score (nSPS) is 21.2. The Kier molecular flexibility index (Phi) is 4.47. The number of alkyl halides is 3. The van der Waals surface area contributed by atoms with Crippen LogP contribution in [0.15, 0.2) is 0 Å². The number of hydrogen-bond acceptors (Lipinski definition) is 3. The topological polar surface area (TPSA) is 38.8 Å². The van der Waals surface area contributed by atoms with Crippen molar-refractivity contribution in [2.45, 2.75) is 45.1 Å². The third-order valence-corrected chi connectivity index (χ3v) is 2.28. The molecule has 1 rings (SSSR count). The van der Waals surface area contributed by atoms with E-state index in [9.17, 15) is 18.0 Å². The standard InChI is InChI=1S/C11H18F3NO3/c1-10(2,3)18-9(16)15-5-4-8(6-15)17-7-11(12,13)14/h8H,4-7H2,1-3H3/t8-/m0/s1. The van der Waals surface area contributed by atoms with Crippen LogP contribution in [0.2, 0.25) is 0 Å². The number of amides is 1. The smallest absolute Gasteiger partial charge is 0.411 e. The second-order valence-corrected chi connectivity index (χ2v) is 5.26. The molecule has 7 heteroatoms. The molecule has 0 spiro atoms. The summed E-state index contributed by atoms with van der Waals surface area (Å²) in [5.74, 6) is 0. The molecule has 4 nitrogen and oxygen atoms in total. The SMILES string of the molecule is CC(C)(C)OC(=O)N1CC[C@H](OCC(F)(F)F)C1. The zero-order chi connectivity index (χ0) is 14.0. The van der Waals surface area contributed by atoms with Crippen LogP contribution in [0, 0.1) is 0 Å². The van der Waals surface area contributed by atoms with Gasteiger partial charge in [-0.05, 0) is 27.2 Å². The quantitative estimate of drug-likeness (QED) is 0.773. The zero-order valence-corrected chi connectivity index (χ0v) is 10.7. The summed E-state index contributed by atoms with van der Waals surface area (Å²) < 4.78 is 45.7. The van der Waals surface area contributed by atoms with Gasteiger partial charge in [-0.3, -0.25) is 0 Å². The van der Waals surface area contributed by atoms with E-state index in [0.29, 0.717) is 13.0 Å². The summed E-state index contributed by atoms with van der Waals surface area (Å²) in [6.07, 6.45) is -5.02. The van der Waals surface area contributed by atoms with Crippen molar-refractivity contribution in [2.24, 2.45) is 0 Å². The Labute approximate surface area is 104 Å². The van der Waals surface area contributed by atoms with Crippen LogP contribution in [0.25, 0.3) is 0 Å². The highest BCUT2D eigenvalue weighted by Crippen LogP contribution is 2.20. The highest BCUT2D eigenvalue weighted by atomic mass is 19.4. The van der Waals surface area contributed by atoms with Gasteiger partial charge in [0.15, 0.2) is 0 Å². The summed E-state index contributed by atoms with van der Waals surface area (Å²) >= 11 is 0. The average Bonchev–Trinajstić information content (AvgIpc) is 2.58. The molecule has 0 saturated carbocycles. The van der Waals surface area contributed by atoms with Crippen LogP contribution in [0.5, 0.6) is 0 Å². The van der Waals surface area contributed by atoms with Gasteiger partial charge >= 0.3 is 12.3 Å². The molecule has 0 unspecified atom stereocenters. The summed E-state index contributed by atoms with van der Waals surface area (Å²) in [6.45, 7) is 4.43. The van der Waals surface area contributed by atoms with Gasteiger partial charge in [0.05, 0.1) is 12.6 Å². The highest BCUT2D eigenvalue weighted by Gasteiger charge is 2.34. The number of likely N-dealkylation sites (tertiary alicyclic amines) is 1. The minimum absolute atomic E-state index is 0.144. The van der Waals surface area contributed by atoms with E-state index in [2.05, 4.69) is 0 Å². The molecule has 1 fully saturated rings. The summed E-state index contributed by atoms with van der Waals surface area (Å²) in [5, 5.41) is 0. The van der Waals surface area contributed by atoms with Crippen molar-refractivity contribution >= 4 is 6.09 Å². The fraction of sp³-hybridized carbons (Fsp3) is 0.909. The van der Waals surface area contributed by atoms with Gasteiger partial charge in [0, 0.05) is 6.54 Å². The fourth-order valence-electron chi connectivity index (χ4n) is 1.57. The van der Waals surface area contributed by atoms with Gasteiger partial charge in [-0.25, -0.2) is 4.79 Å². The van der Waals surface area contributed by atoms with Crippen LogP contribution in [-0.4, -0.2) is 48.6 Å².